The number of carboxylic acids is 1. The highest BCUT2D eigenvalue weighted by Gasteiger charge is 2.22. The van der Waals surface area contributed by atoms with Gasteiger partial charge in [-0.05, 0) is 20.3 Å². The largest absolute Gasteiger partial charge is 0.480 e. The number of carbonyl (C=O) groups is 2. The topological polar surface area (TPSA) is 99.4 Å². The lowest BCUT2D eigenvalue weighted by Crippen LogP contribution is -2.43. The van der Waals surface area contributed by atoms with Crippen molar-refractivity contribution in [3.05, 3.63) is 0 Å². The summed E-state index contributed by atoms with van der Waals surface area (Å²) in [5.74, 6) is -2.06. The van der Waals surface area contributed by atoms with Gasteiger partial charge in [0.2, 0.25) is 5.91 Å². The van der Waals surface area contributed by atoms with Crippen LogP contribution in [0.4, 0.5) is 0 Å². The van der Waals surface area contributed by atoms with Gasteiger partial charge in [0.05, 0.1) is 6.07 Å². The number of rotatable bonds is 7. The van der Waals surface area contributed by atoms with Crippen LogP contribution < -0.4 is 5.32 Å². The molecule has 0 spiro atoms. The highest BCUT2D eigenvalue weighted by Crippen LogP contribution is 2.04. The van der Waals surface area contributed by atoms with Crippen molar-refractivity contribution in [3.8, 4) is 6.07 Å². The second-order valence-electron chi connectivity index (χ2n) is 3.36. The molecule has 2 N–H and O–H groups in total. The third-order valence-electron chi connectivity index (χ3n) is 1.88. The molecule has 0 aliphatic rings. The minimum Gasteiger partial charge on any atom is -0.480 e. The molecule has 6 nitrogen and oxygen atoms in total. The number of aliphatic carboxylic acids is 1. The maximum Gasteiger partial charge on any atom is 0.326 e. The fourth-order valence-corrected chi connectivity index (χ4v) is 1.06. The van der Waals surface area contributed by atoms with Crippen molar-refractivity contribution in [2.75, 3.05) is 13.2 Å². The Bertz CT molecular complexity index is 285. The van der Waals surface area contributed by atoms with Crippen molar-refractivity contribution in [1.82, 2.24) is 5.32 Å². The zero-order chi connectivity index (χ0) is 12.6. The molecule has 0 heterocycles. The zero-order valence-corrected chi connectivity index (χ0v) is 9.40. The van der Waals surface area contributed by atoms with Crippen LogP contribution in [-0.2, 0) is 14.3 Å². The van der Waals surface area contributed by atoms with Gasteiger partial charge in [0, 0.05) is 12.5 Å². The van der Waals surface area contributed by atoms with E-state index in [0.29, 0.717) is 6.61 Å². The van der Waals surface area contributed by atoms with E-state index in [4.69, 9.17) is 15.1 Å². The minimum atomic E-state index is -1.15. The van der Waals surface area contributed by atoms with Crippen molar-refractivity contribution in [2.45, 2.75) is 26.3 Å². The van der Waals surface area contributed by atoms with Crippen LogP contribution in [0.25, 0.3) is 0 Å². The smallest absolute Gasteiger partial charge is 0.326 e. The number of hydrogen-bond donors (Lipinski definition) is 2. The second-order valence-corrected chi connectivity index (χ2v) is 3.36. The Morgan fingerprint density at radius 3 is 2.62 bits per heavy atom. The van der Waals surface area contributed by atoms with E-state index >= 15 is 0 Å². The summed E-state index contributed by atoms with van der Waals surface area (Å²) in [5.41, 5.74) is 0. The van der Waals surface area contributed by atoms with Gasteiger partial charge >= 0.3 is 5.97 Å². The number of carbonyl (C=O) groups excluding carboxylic acids is 1. The molecule has 0 saturated heterocycles. The zero-order valence-electron chi connectivity index (χ0n) is 9.40. The summed E-state index contributed by atoms with van der Waals surface area (Å²) >= 11 is 0. The Kier molecular flexibility index (Phi) is 6.88. The van der Waals surface area contributed by atoms with Gasteiger partial charge in [0.25, 0.3) is 0 Å². The Morgan fingerprint density at radius 2 is 2.19 bits per heavy atom. The molecule has 0 rings (SSSR count). The maximum absolute atomic E-state index is 11.2. The molecule has 0 aliphatic carbocycles. The monoisotopic (exact) mass is 228 g/mol. The normalized spacial score (nSPS) is 13.6. The molecule has 0 saturated carbocycles. The first kappa shape index (κ1) is 14.4. The van der Waals surface area contributed by atoms with Gasteiger partial charge in [0.1, 0.15) is 12.6 Å². The van der Waals surface area contributed by atoms with Crippen LogP contribution in [-0.4, -0.2) is 36.2 Å². The summed E-state index contributed by atoms with van der Waals surface area (Å²) in [6.07, 6.45) is 0.0870. The first-order valence-corrected chi connectivity index (χ1v) is 5.00. The van der Waals surface area contributed by atoms with Crippen molar-refractivity contribution in [2.24, 2.45) is 5.92 Å². The molecule has 0 unspecified atom stereocenters. The molecule has 1 amide bonds. The van der Waals surface area contributed by atoms with Crippen LogP contribution in [0.15, 0.2) is 0 Å². The van der Waals surface area contributed by atoms with Crippen molar-refractivity contribution < 1.29 is 19.4 Å². The highest BCUT2D eigenvalue weighted by molar-refractivity contribution is 5.84. The van der Waals surface area contributed by atoms with Gasteiger partial charge in [0.15, 0.2) is 0 Å². The molecule has 0 fully saturated rings. The van der Waals surface area contributed by atoms with Crippen LogP contribution >= 0.6 is 0 Å². The molecule has 0 aliphatic heterocycles. The molecular formula is C10H16N2O4. The van der Waals surface area contributed by atoms with Crippen LogP contribution in [0, 0.1) is 17.2 Å². The van der Waals surface area contributed by atoms with Gasteiger partial charge < -0.3 is 15.2 Å². The lowest BCUT2D eigenvalue weighted by Gasteiger charge is -2.15. The second kappa shape index (κ2) is 7.65. The Hall–Kier alpha value is -1.61. The lowest BCUT2D eigenvalue weighted by molar-refractivity contribution is -0.142. The number of hydrogen-bond acceptors (Lipinski definition) is 4. The molecule has 0 aromatic heterocycles. The summed E-state index contributed by atoms with van der Waals surface area (Å²) in [6.45, 7) is 3.56. The number of nitrogens with zero attached hydrogens (tertiary/aromatic N) is 1. The molecule has 0 bridgehead atoms. The van der Waals surface area contributed by atoms with Gasteiger partial charge in [-0.2, -0.15) is 5.26 Å². The summed E-state index contributed by atoms with van der Waals surface area (Å²) in [6, 6.07) is 0.882. The molecule has 0 aromatic carbocycles. The van der Waals surface area contributed by atoms with Gasteiger partial charge in [-0.1, -0.05) is 0 Å². The lowest BCUT2D eigenvalue weighted by atomic mass is 10.0. The standard InChI is InChI=1S/C10H16N2O4/c1-3-16-6-9(13)12-8(10(14)15)4-7(2)5-11/h7-8H,3-4,6H2,1-2H3,(H,12,13)(H,14,15)/t7-,8+/m1/s1. The van der Waals surface area contributed by atoms with Crippen molar-refractivity contribution in [3.63, 3.8) is 0 Å². The van der Waals surface area contributed by atoms with Crippen LogP contribution in [0.1, 0.15) is 20.3 Å². The maximum atomic E-state index is 11.2. The SMILES string of the molecule is CCOCC(=O)N[C@@H](C[C@@H](C)C#N)C(=O)O. The van der Waals surface area contributed by atoms with E-state index in [-0.39, 0.29) is 13.0 Å². The fraction of sp³-hybridized carbons (Fsp3) is 0.700. The fourth-order valence-electron chi connectivity index (χ4n) is 1.06. The van der Waals surface area contributed by atoms with Gasteiger partial charge in [-0.25, -0.2) is 4.79 Å². The van der Waals surface area contributed by atoms with E-state index in [1.807, 2.05) is 6.07 Å². The number of nitrogens with one attached hydrogen (secondary N) is 1. The number of amides is 1. The van der Waals surface area contributed by atoms with E-state index in [2.05, 4.69) is 5.32 Å². The number of carboxylic acid groups (broad SMARTS) is 1. The predicted octanol–water partition coefficient (Wildman–Crippen LogP) is 0.142. The third kappa shape index (κ3) is 5.98. The Labute approximate surface area is 94.2 Å². The summed E-state index contributed by atoms with van der Waals surface area (Å²) < 4.78 is 4.84. The Morgan fingerprint density at radius 1 is 1.56 bits per heavy atom. The van der Waals surface area contributed by atoms with E-state index in [0.717, 1.165) is 0 Å². The minimum absolute atomic E-state index is 0.0870. The first-order chi connectivity index (χ1) is 7.51. The van der Waals surface area contributed by atoms with Crippen LogP contribution in [0.5, 0.6) is 0 Å². The molecular weight excluding hydrogens is 212 g/mol. The van der Waals surface area contributed by atoms with Gasteiger partial charge in [-0.15, -0.1) is 0 Å². The molecule has 90 valence electrons. The van der Waals surface area contributed by atoms with E-state index < -0.39 is 23.8 Å². The van der Waals surface area contributed by atoms with E-state index in [1.165, 1.54) is 0 Å². The first-order valence-electron chi connectivity index (χ1n) is 5.00. The number of nitriles is 1. The molecule has 6 heteroatoms. The number of ether oxygens (including phenoxy) is 1. The molecule has 2 atom stereocenters. The van der Waals surface area contributed by atoms with Crippen LogP contribution in [0.2, 0.25) is 0 Å². The molecule has 0 radical (unpaired) electrons. The van der Waals surface area contributed by atoms with Crippen LogP contribution in [0.3, 0.4) is 0 Å². The van der Waals surface area contributed by atoms with Gasteiger partial charge in [-0.3, -0.25) is 4.79 Å². The third-order valence-corrected chi connectivity index (χ3v) is 1.88. The van der Waals surface area contributed by atoms with Crippen molar-refractivity contribution >= 4 is 11.9 Å². The summed E-state index contributed by atoms with van der Waals surface area (Å²) in [7, 11) is 0. The molecule has 16 heavy (non-hydrogen) atoms. The summed E-state index contributed by atoms with van der Waals surface area (Å²) in [4.78, 5) is 22.0. The average molecular weight is 228 g/mol. The van der Waals surface area contributed by atoms with Crippen molar-refractivity contribution in [1.29, 1.82) is 5.26 Å². The quantitative estimate of drug-likeness (QED) is 0.645. The average Bonchev–Trinajstić information content (AvgIpc) is 2.24. The molecule has 0 aromatic rings. The predicted molar refractivity (Wildman–Crippen MR) is 55.5 cm³/mol. The Balaban J connectivity index is 4.19. The van der Waals surface area contributed by atoms with E-state index in [1.54, 1.807) is 13.8 Å². The summed E-state index contributed by atoms with van der Waals surface area (Å²) in [5, 5.41) is 19.7. The van der Waals surface area contributed by atoms with E-state index in [9.17, 15) is 9.59 Å². The highest BCUT2D eigenvalue weighted by atomic mass is 16.5.